The summed E-state index contributed by atoms with van der Waals surface area (Å²) in [7, 11) is 0. The number of carbonyl (C=O) groups is 1. The van der Waals surface area contributed by atoms with E-state index in [2.05, 4.69) is 10.2 Å². The number of ether oxygens (including phenoxy) is 1. The summed E-state index contributed by atoms with van der Waals surface area (Å²) >= 11 is 0. The number of nitrogens with two attached hydrogens (primary N) is 1. The van der Waals surface area contributed by atoms with Crippen molar-refractivity contribution in [3.8, 4) is 0 Å². The van der Waals surface area contributed by atoms with Gasteiger partial charge in [0.15, 0.2) is 0 Å². The Morgan fingerprint density at radius 3 is 3.13 bits per heavy atom. The number of hydrogen-bond donors (Lipinski definition) is 2. The Kier molecular flexibility index (Phi) is 2.86. The zero-order valence-electron chi connectivity index (χ0n) is 8.40. The fourth-order valence-corrected chi connectivity index (χ4v) is 1.59. The molecule has 15 heavy (non-hydrogen) atoms. The summed E-state index contributed by atoms with van der Waals surface area (Å²) in [4.78, 5) is 13.7. The van der Waals surface area contributed by atoms with Crippen LogP contribution in [-0.2, 0) is 4.74 Å². The smallest absolute Gasteiger partial charge is 0.259 e. The van der Waals surface area contributed by atoms with E-state index in [1.807, 2.05) is 0 Å². The molecule has 3 N–H and O–H groups in total. The van der Waals surface area contributed by atoms with Crippen LogP contribution in [0.3, 0.4) is 0 Å². The minimum atomic E-state index is -0.0771. The molecule has 1 saturated heterocycles. The van der Waals surface area contributed by atoms with E-state index in [1.54, 1.807) is 4.90 Å². The number of aromatic nitrogens is 2. The SMILES string of the molecule is Nc1[nH]ncc1C(=O)N1CCCOCC1. The van der Waals surface area contributed by atoms with Crippen molar-refractivity contribution in [2.24, 2.45) is 0 Å². The van der Waals surface area contributed by atoms with Gasteiger partial charge in [-0.3, -0.25) is 9.89 Å². The first-order chi connectivity index (χ1) is 7.29. The van der Waals surface area contributed by atoms with Crippen molar-refractivity contribution in [1.29, 1.82) is 0 Å². The highest BCUT2D eigenvalue weighted by atomic mass is 16.5. The molecule has 1 fully saturated rings. The number of hydrogen-bond acceptors (Lipinski definition) is 4. The van der Waals surface area contributed by atoms with Crippen molar-refractivity contribution in [2.75, 3.05) is 32.0 Å². The highest BCUT2D eigenvalue weighted by Crippen LogP contribution is 2.11. The molecule has 0 saturated carbocycles. The summed E-state index contributed by atoms with van der Waals surface area (Å²) < 4.78 is 5.27. The summed E-state index contributed by atoms with van der Waals surface area (Å²) in [5, 5.41) is 6.29. The Hall–Kier alpha value is -1.56. The van der Waals surface area contributed by atoms with E-state index in [4.69, 9.17) is 10.5 Å². The first-order valence-electron chi connectivity index (χ1n) is 4.95. The highest BCUT2D eigenvalue weighted by Gasteiger charge is 2.20. The standard InChI is InChI=1S/C9H14N4O2/c10-8-7(6-11-12-8)9(14)13-2-1-4-15-5-3-13/h6H,1-5H2,(H3,10,11,12). The molecule has 2 heterocycles. The van der Waals surface area contributed by atoms with E-state index in [0.29, 0.717) is 37.7 Å². The molecule has 0 spiro atoms. The number of amides is 1. The van der Waals surface area contributed by atoms with Gasteiger partial charge in [-0.25, -0.2) is 0 Å². The topological polar surface area (TPSA) is 84.2 Å². The fraction of sp³-hybridized carbons (Fsp3) is 0.556. The third-order valence-corrected chi connectivity index (χ3v) is 2.41. The zero-order chi connectivity index (χ0) is 10.7. The first kappa shape index (κ1) is 9.97. The molecule has 82 valence electrons. The summed E-state index contributed by atoms with van der Waals surface area (Å²) in [6.45, 7) is 2.63. The predicted octanol–water partition coefficient (Wildman–Crippen LogP) is -0.146. The molecule has 0 aliphatic carbocycles. The fourth-order valence-electron chi connectivity index (χ4n) is 1.59. The minimum absolute atomic E-state index is 0.0771. The van der Waals surface area contributed by atoms with Gasteiger partial charge in [0.2, 0.25) is 0 Å². The molecule has 0 bridgehead atoms. The lowest BCUT2D eigenvalue weighted by molar-refractivity contribution is 0.0742. The van der Waals surface area contributed by atoms with E-state index >= 15 is 0 Å². The number of nitrogen functional groups attached to an aromatic ring is 1. The molecule has 1 aromatic rings. The quantitative estimate of drug-likeness (QED) is 0.675. The molecule has 0 radical (unpaired) electrons. The number of anilines is 1. The number of H-pyrrole nitrogens is 1. The van der Waals surface area contributed by atoms with Crippen LogP contribution in [0.5, 0.6) is 0 Å². The van der Waals surface area contributed by atoms with Crippen LogP contribution in [0.4, 0.5) is 5.82 Å². The lowest BCUT2D eigenvalue weighted by Gasteiger charge is -2.18. The number of nitrogens with one attached hydrogen (secondary N) is 1. The summed E-state index contributed by atoms with van der Waals surface area (Å²) in [6.07, 6.45) is 2.33. The third-order valence-electron chi connectivity index (χ3n) is 2.41. The lowest BCUT2D eigenvalue weighted by atomic mass is 10.2. The largest absolute Gasteiger partial charge is 0.383 e. The van der Waals surface area contributed by atoms with E-state index < -0.39 is 0 Å². The number of aromatic amines is 1. The molecule has 0 atom stereocenters. The van der Waals surface area contributed by atoms with Gasteiger partial charge in [0.25, 0.3) is 5.91 Å². The normalized spacial score (nSPS) is 17.5. The van der Waals surface area contributed by atoms with E-state index in [1.165, 1.54) is 6.20 Å². The van der Waals surface area contributed by atoms with E-state index in [9.17, 15) is 4.79 Å². The molecule has 6 heteroatoms. The maximum Gasteiger partial charge on any atom is 0.259 e. The molecule has 0 aromatic carbocycles. The number of nitrogens with zero attached hydrogens (tertiary/aromatic N) is 2. The van der Waals surface area contributed by atoms with Crippen LogP contribution in [0.1, 0.15) is 16.8 Å². The Labute approximate surface area is 87.4 Å². The minimum Gasteiger partial charge on any atom is -0.383 e. The molecular formula is C9H14N4O2. The van der Waals surface area contributed by atoms with Crippen molar-refractivity contribution < 1.29 is 9.53 Å². The van der Waals surface area contributed by atoms with Crippen LogP contribution >= 0.6 is 0 Å². The Balaban J connectivity index is 2.09. The van der Waals surface area contributed by atoms with Crippen molar-refractivity contribution in [3.05, 3.63) is 11.8 Å². The molecule has 0 unspecified atom stereocenters. The van der Waals surface area contributed by atoms with Gasteiger partial charge in [-0.1, -0.05) is 0 Å². The Morgan fingerprint density at radius 1 is 1.53 bits per heavy atom. The van der Waals surface area contributed by atoms with Crippen molar-refractivity contribution in [1.82, 2.24) is 15.1 Å². The van der Waals surface area contributed by atoms with Crippen LogP contribution in [-0.4, -0.2) is 47.3 Å². The van der Waals surface area contributed by atoms with Gasteiger partial charge in [0.05, 0.1) is 12.8 Å². The van der Waals surface area contributed by atoms with Crippen LogP contribution in [0.2, 0.25) is 0 Å². The van der Waals surface area contributed by atoms with Gasteiger partial charge in [-0.05, 0) is 6.42 Å². The molecule has 1 aliphatic heterocycles. The van der Waals surface area contributed by atoms with Gasteiger partial charge in [-0.2, -0.15) is 5.10 Å². The van der Waals surface area contributed by atoms with Gasteiger partial charge >= 0.3 is 0 Å². The van der Waals surface area contributed by atoms with Crippen LogP contribution < -0.4 is 5.73 Å². The molecular weight excluding hydrogens is 196 g/mol. The summed E-state index contributed by atoms with van der Waals surface area (Å²) in [6, 6.07) is 0. The van der Waals surface area contributed by atoms with Gasteiger partial charge in [0, 0.05) is 19.7 Å². The van der Waals surface area contributed by atoms with Crippen molar-refractivity contribution in [2.45, 2.75) is 6.42 Å². The first-order valence-corrected chi connectivity index (χ1v) is 4.95. The van der Waals surface area contributed by atoms with Gasteiger partial charge in [0.1, 0.15) is 11.4 Å². The predicted molar refractivity (Wildman–Crippen MR) is 54.3 cm³/mol. The molecule has 2 rings (SSSR count). The summed E-state index contributed by atoms with van der Waals surface area (Å²) in [5.41, 5.74) is 6.03. The van der Waals surface area contributed by atoms with E-state index in [-0.39, 0.29) is 5.91 Å². The molecule has 1 aromatic heterocycles. The van der Waals surface area contributed by atoms with Gasteiger partial charge in [-0.15, -0.1) is 0 Å². The second-order valence-corrected chi connectivity index (χ2v) is 3.46. The summed E-state index contributed by atoms with van der Waals surface area (Å²) in [5.74, 6) is 0.247. The average molecular weight is 210 g/mol. The Bertz CT molecular complexity index is 342. The van der Waals surface area contributed by atoms with E-state index in [0.717, 1.165) is 6.42 Å². The van der Waals surface area contributed by atoms with Crippen molar-refractivity contribution in [3.63, 3.8) is 0 Å². The van der Waals surface area contributed by atoms with Crippen LogP contribution in [0, 0.1) is 0 Å². The maximum absolute atomic E-state index is 12.0. The number of carbonyl (C=O) groups excluding carboxylic acids is 1. The lowest BCUT2D eigenvalue weighted by Crippen LogP contribution is -2.33. The maximum atomic E-state index is 12.0. The number of rotatable bonds is 1. The second-order valence-electron chi connectivity index (χ2n) is 3.46. The monoisotopic (exact) mass is 210 g/mol. The Morgan fingerprint density at radius 2 is 2.40 bits per heavy atom. The van der Waals surface area contributed by atoms with Crippen molar-refractivity contribution >= 4 is 11.7 Å². The highest BCUT2D eigenvalue weighted by molar-refractivity contribution is 5.98. The second kappa shape index (κ2) is 4.31. The van der Waals surface area contributed by atoms with Gasteiger partial charge < -0.3 is 15.4 Å². The van der Waals surface area contributed by atoms with Crippen LogP contribution in [0.25, 0.3) is 0 Å². The zero-order valence-corrected chi connectivity index (χ0v) is 8.40. The molecule has 1 aliphatic rings. The van der Waals surface area contributed by atoms with Crippen LogP contribution in [0.15, 0.2) is 6.20 Å². The third kappa shape index (κ3) is 2.10. The molecule has 1 amide bonds. The molecule has 6 nitrogen and oxygen atoms in total. The average Bonchev–Trinajstić information content (AvgIpc) is 2.53.